The maximum atomic E-state index is 12.5. The standard InChI is InChI=1S/C16H15F3/c1-2-5-12-6-3-4-7-15(12)13-8-10-14(11-9-13)16(17,18)19/h3-4,6-11H,2,5H2,1H3. The number of aryl methyl sites for hydroxylation is 1. The minimum atomic E-state index is -4.28. The van der Waals surface area contributed by atoms with Crippen LogP contribution < -0.4 is 0 Å². The third-order valence-corrected chi connectivity index (χ3v) is 3.06. The molecule has 0 aliphatic carbocycles. The molecule has 2 rings (SSSR count). The van der Waals surface area contributed by atoms with Crippen LogP contribution in [0.25, 0.3) is 11.1 Å². The van der Waals surface area contributed by atoms with Crippen LogP contribution >= 0.6 is 0 Å². The second-order valence-electron chi connectivity index (χ2n) is 4.48. The highest BCUT2D eigenvalue weighted by molar-refractivity contribution is 5.67. The summed E-state index contributed by atoms with van der Waals surface area (Å²) in [6.07, 6.45) is -2.34. The molecule has 3 heteroatoms. The Balaban J connectivity index is 2.37. The van der Waals surface area contributed by atoms with Crippen molar-refractivity contribution in [3.8, 4) is 11.1 Å². The van der Waals surface area contributed by atoms with Gasteiger partial charge in [-0.15, -0.1) is 0 Å². The highest BCUT2D eigenvalue weighted by Gasteiger charge is 2.29. The van der Waals surface area contributed by atoms with Crippen LogP contribution in [0.15, 0.2) is 48.5 Å². The number of hydrogen-bond donors (Lipinski definition) is 0. The van der Waals surface area contributed by atoms with E-state index in [1.807, 2.05) is 24.3 Å². The van der Waals surface area contributed by atoms with Crippen LogP contribution in [0.3, 0.4) is 0 Å². The molecule has 0 aromatic heterocycles. The van der Waals surface area contributed by atoms with Crippen molar-refractivity contribution in [3.63, 3.8) is 0 Å². The Labute approximate surface area is 110 Å². The molecular weight excluding hydrogens is 249 g/mol. The lowest BCUT2D eigenvalue weighted by atomic mass is 9.96. The first-order valence-electron chi connectivity index (χ1n) is 6.28. The summed E-state index contributed by atoms with van der Waals surface area (Å²) in [6.45, 7) is 2.09. The van der Waals surface area contributed by atoms with Gasteiger partial charge in [-0.3, -0.25) is 0 Å². The minimum Gasteiger partial charge on any atom is -0.166 e. The third kappa shape index (κ3) is 3.16. The molecular formula is C16H15F3. The normalized spacial score (nSPS) is 11.6. The second kappa shape index (κ2) is 5.47. The lowest BCUT2D eigenvalue weighted by Crippen LogP contribution is -2.04. The number of alkyl halides is 3. The fourth-order valence-corrected chi connectivity index (χ4v) is 2.13. The first-order chi connectivity index (χ1) is 9.02. The molecule has 0 nitrogen and oxygen atoms in total. The van der Waals surface area contributed by atoms with Crippen molar-refractivity contribution in [2.45, 2.75) is 25.9 Å². The van der Waals surface area contributed by atoms with E-state index in [2.05, 4.69) is 6.92 Å². The lowest BCUT2D eigenvalue weighted by Gasteiger charge is -2.11. The smallest absolute Gasteiger partial charge is 0.166 e. The van der Waals surface area contributed by atoms with E-state index in [1.165, 1.54) is 17.7 Å². The Morgan fingerprint density at radius 2 is 1.53 bits per heavy atom. The Hall–Kier alpha value is -1.77. The molecule has 0 heterocycles. The molecule has 0 saturated heterocycles. The van der Waals surface area contributed by atoms with Crippen molar-refractivity contribution in [2.75, 3.05) is 0 Å². The van der Waals surface area contributed by atoms with E-state index in [0.717, 1.165) is 36.1 Å². The van der Waals surface area contributed by atoms with E-state index in [4.69, 9.17) is 0 Å². The van der Waals surface area contributed by atoms with E-state index >= 15 is 0 Å². The fourth-order valence-electron chi connectivity index (χ4n) is 2.13. The molecule has 0 aliphatic heterocycles. The van der Waals surface area contributed by atoms with E-state index in [0.29, 0.717) is 0 Å². The molecule has 0 amide bonds. The SMILES string of the molecule is CCCc1ccccc1-c1ccc(C(F)(F)F)cc1. The summed E-state index contributed by atoms with van der Waals surface area (Å²) in [7, 11) is 0. The van der Waals surface area contributed by atoms with E-state index in [1.54, 1.807) is 0 Å². The molecule has 0 atom stereocenters. The van der Waals surface area contributed by atoms with Crippen LogP contribution in [0.1, 0.15) is 24.5 Å². The highest BCUT2D eigenvalue weighted by Crippen LogP contribution is 2.32. The number of rotatable bonds is 3. The third-order valence-electron chi connectivity index (χ3n) is 3.06. The van der Waals surface area contributed by atoms with Gasteiger partial charge in [0.2, 0.25) is 0 Å². The van der Waals surface area contributed by atoms with Crippen molar-refractivity contribution in [1.29, 1.82) is 0 Å². The molecule has 0 bridgehead atoms. The Kier molecular flexibility index (Phi) is 3.93. The number of halogens is 3. The maximum absolute atomic E-state index is 12.5. The summed E-state index contributed by atoms with van der Waals surface area (Å²) < 4.78 is 37.6. The highest BCUT2D eigenvalue weighted by atomic mass is 19.4. The zero-order chi connectivity index (χ0) is 13.9. The van der Waals surface area contributed by atoms with Gasteiger partial charge >= 0.3 is 6.18 Å². The largest absolute Gasteiger partial charge is 0.416 e. The van der Waals surface area contributed by atoms with Gasteiger partial charge in [-0.2, -0.15) is 13.2 Å². The first kappa shape index (κ1) is 13.7. The van der Waals surface area contributed by atoms with Gasteiger partial charge in [-0.25, -0.2) is 0 Å². The molecule has 2 aromatic rings. The summed E-state index contributed by atoms with van der Waals surface area (Å²) >= 11 is 0. The van der Waals surface area contributed by atoms with E-state index in [9.17, 15) is 13.2 Å². The predicted molar refractivity (Wildman–Crippen MR) is 70.9 cm³/mol. The molecule has 0 radical (unpaired) electrons. The van der Waals surface area contributed by atoms with Crippen LogP contribution in [0.5, 0.6) is 0 Å². The monoisotopic (exact) mass is 264 g/mol. The lowest BCUT2D eigenvalue weighted by molar-refractivity contribution is -0.137. The zero-order valence-electron chi connectivity index (χ0n) is 10.7. The van der Waals surface area contributed by atoms with Crippen molar-refractivity contribution < 1.29 is 13.2 Å². The first-order valence-corrected chi connectivity index (χ1v) is 6.28. The summed E-state index contributed by atoms with van der Waals surface area (Å²) in [6, 6.07) is 13.2. The zero-order valence-corrected chi connectivity index (χ0v) is 10.7. The fraction of sp³-hybridized carbons (Fsp3) is 0.250. The minimum absolute atomic E-state index is 0.607. The van der Waals surface area contributed by atoms with Gasteiger partial charge in [0.15, 0.2) is 0 Å². The van der Waals surface area contributed by atoms with Crippen molar-refractivity contribution in [2.24, 2.45) is 0 Å². The molecule has 0 unspecified atom stereocenters. The summed E-state index contributed by atoms with van der Waals surface area (Å²) in [5.74, 6) is 0. The van der Waals surface area contributed by atoms with Gasteiger partial charge < -0.3 is 0 Å². The second-order valence-corrected chi connectivity index (χ2v) is 4.48. The molecule has 2 aromatic carbocycles. The van der Waals surface area contributed by atoms with Gasteiger partial charge in [-0.1, -0.05) is 49.7 Å². The Bertz CT molecular complexity index is 539. The molecule has 0 spiro atoms. The molecule has 0 aliphatic rings. The molecule has 0 saturated carbocycles. The predicted octanol–water partition coefficient (Wildman–Crippen LogP) is 5.32. The van der Waals surface area contributed by atoms with Crippen LogP contribution in [0.2, 0.25) is 0 Å². The van der Waals surface area contributed by atoms with E-state index in [-0.39, 0.29) is 0 Å². The number of hydrogen-bond acceptors (Lipinski definition) is 0. The molecule has 19 heavy (non-hydrogen) atoms. The average molecular weight is 264 g/mol. The quantitative estimate of drug-likeness (QED) is 0.703. The summed E-state index contributed by atoms with van der Waals surface area (Å²) in [5, 5.41) is 0. The number of benzene rings is 2. The van der Waals surface area contributed by atoms with Crippen LogP contribution in [0.4, 0.5) is 13.2 Å². The van der Waals surface area contributed by atoms with Crippen molar-refractivity contribution in [1.82, 2.24) is 0 Å². The van der Waals surface area contributed by atoms with Gasteiger partial charge in [0.25, 0.3) is 0 Å². The van der Waals surface area contributed by atoms with Gasteiger partial charge in [0.1, 0.15) is 0 Å². The molecule has 100 valence electrons. The summed E-state index contributed by atoms with van der Waals surface area (Å²) in [4.78, 5) is 0. The van der Waals surface area contributed by atoms with Gasteiger partial charge in [0, 0.05) is 0 Å². The summed E-state index contributed by atoms with van der Waals surface area (Å²) in [5.41, 5.74) is 2.41. The van der Waals surface area contributed by atoms with Crippen LogP contribution in [-0.2, 0) is 12.6 Å². The van der Waals surface area contributed by atoms with Gasteiger partial charge in [-0.05, 0) is 35.2 Å². The van der Waals surface area contributed by atoms with E-state index < -0.39 is 11.7 Å². The maximum Gasteiger partial charge on any atom is 0.416 e. The molecule has 0 fully saturated rings. The Morgan fingerprint density at radius 1 is 0.895 bits per heavy atom. The van der Waals surface area contributed by atoms with Gasteiger partial charge in [0.05, 0.1) is 5.56 Å². The molecule has 0 N–H and O–H groups in total. The van der Waals surface area contributed by atoms with Crippen LogP contribution in [0, 0.1) is 0 Å². The average Bonchev–Trinajstić information content (AvgIpc) is 2.39. The van der Waals surface area contributed by atoms with Crippen molar-refractivity contribution in [3.05, 3.63) is 59.7 Å². The van der Waals surface area contributed by atoms with Crippen molar-refractivity contribution >= 4 is 0 Å². The Morgan fingerprint density at radius 3 is 2.11 bits per heavy atom. The topological polar surface area (TPSA) is 0 Å². The van der Waals surface area contributed by atoms with Crippen LogP contribution in [-0.4, -0.2) is 0 Å².